The first-order valence-electron chi connectivity index (χ1n) is 7.28. The fraction of sp³-hybridized carbons (Fsp3) is 0.125. The lowest BCUT2D eigenvalue weighted by atomic mass is 10.2. The van der Waals surface area contributed by atoms with Crippen molar-refractivity contribution >= 4 is 21.6 Å². The van der Waals surface area contributed by atoms with Gasteiger partial charge in [0.1, 0.15) is 5.82 Å². The molecule has 0 aliphatic heterocycles. The lowest BCUT2D eigenvalue weighted by Gasteiger charge is -2.05. The van der Waals surface area contributed by atoms with Gasteiger partial charge < -0.3 is 4.52 Å². The summed E-state index contributed by atoms with van der Waals surface area (Å²) in [4.78, 5) is 4.18. The zero-order valence-electron chi connectivity index (χ0n) is 12.8. The van der Waals surface area contributed by atoms with E-state index >= 15 is 0 Å². The van der Waals surface area contributed by atoms with Crippen molar-refractivity contribution in [3.63, 3.8) is 0 Å². The lowest BCUT2D eigenvalue weighted by molar-refractivity contribution is 0.378. The SMILES string of the molecule is O=S(=O)(NCCc1nc(-c2ccccc2F)no1)c1ccc(Cl)cc1. The van der Waals surface area contributed by atoms with E-state index < -0.39 is 15.8 Å². The summed E-state index contributed by atoms with van der Waals surface area (Å²) in [5, 5.41) is 4.16. The topological polar surface area (TPSA) is 85.1 Å². The third kappa shape index (κ3) is 4.22. The van der Waals surface area contributed by atoms with Gasteiger partial charge >= 0.3 is 0 Å². The molecule has 1 N–H and O–H groups in total. The Hall–Kier alpha value is -2.29. The minimum atomic E-state index is -3.66. The molecular weight excluding hydrogens is 369 g/mol. The van der Waals surface area contributed by atoms with Crippen molar-refractivity contribution in [2.24, 2.45) is 0 Å². The van der Waals surface area contributed by atoms with Gasteiger partial charge in [0.05, 0.1) is 10.5 Å². The Morgan fingerprint density at radius 2 is 1.84 bits per heavy atom. The Bertz CT molecular complexity index is 974. The maximum absolute atomic E-state index is 13.7. The van der Waals surface area contributed by atoms with Crippen LogP contribution in [0.4, 0.5) is 4.39 Å². The van der Waals surface area contributed by atoms with Crippen molar-refractivity contribution < 1.29 is 17.3 Å². The largest absolute Gasteiger partial charge is 0.339 e. The number of hydrogen-bond acceptors (Lipinski definition) is 5. The van der Waals surface area contributed by atoms with Crippen LogP contribution in [0.2, 0.25) is 5.02 Å². The molecule has 0 aliphatic rings. The van der Waals surface area contributed by atoms with Crippen molar-refractivity contribution in [2.45, 2.75) is 11.3 Å². The minimum Gasteiger partial charge on any atom is -0.339 e. The number of nitrogens with zero attached hydrogens (tertiary/aromatic N) is 2. The second-order valence-corrected chi connectivity index (χ2v) is 7.30. The van der Waals surface area contributed by atoms with Gasteiger partial charge in [-0.25, -0.2) is 17.5 Å². The fourth-order valence-corrected chi connectivity index (χ4v) is 3.26. The van der Waals surface area contributed by atoms with E-state index in [-0.39, 0.29) is 35.1 Å². The molecule has 9 heteroatoms. The number of rotatable bonds is 6. The number of halogens is 2. The van der Waals surface area contributed by atoms with Crippen LogP contribution < -0.4 is 4.72 Å². The number of hydrogen-bond donors (Lipinski definition) is 1. The first kappa shape index (κ1) is 17.5. The molecule has 1 heterocycles. The second-order valence-electron chi connectivity index (χ2n) is 5.09. The van der Waals surface area contributed by atoms with Gasteiger partial charge in [-0.1, -0.05) is 28.9 Å². The second kappa shape index (κ2) is 7.30. The standard InChI is InChI=1S/C16H13ClFN3O3S/c17-11-5-7-12(8-6-11)25(22,23)19-10-9-15-20-16(21-24-15)13-3-1-2-4-14(13)18/h1-8,19H,9-10H2. The van der Waals surface area contributed by atoms with E-state index in [1.165, 1.54) is 36.4 Å². The summed E-state index contributed by atoms with van der Waals surface area (Å²) >= 11 is 5.74. The van der Waals surface area contributed by atoms with Crippen molar-refractivity contribution in [1.29, 1.82) is 0 Å². The monoisotopic (exact) mass is 381 g/mol. The highest BCUT2D eigenvalue weighted by Gasteiger charge is 2.15. The molecule has 0 spiro atoms. The molecule has 0 unspecified atom stereocenters. The lowest BCUT2D eigenvalue weighted by Crippen LogP contribution is -2.26. The van der Waals surface area contributed by atoms with E-state index in [9.17, 15) is 12.8 Å². The van der Waals surface area contributed by atoms with Crippen LogP contribution in [0, 0.1) is 5.82 Å². The predicted molar refractivity (Wildman–Crippen MR) is 90.0 cm³/mol. The molecule has 2 aromatic carbocycles. The van der Waals surface area contributed by atoms with Crippen LogP contribution in [-0.2, 0) is 16.4 Å². The molecule has 25 heavy (non-hydrogen) atoms. The van der Waals surface area contributed by atoms with E-state index in [1.54, 1.807) is 12.1 Å². The van der Waals surface area contributed by atoms with Gasteiger partial charge in [0.15, 0.2) is 0 Å². The maximum atomic E-state index is 13.7. The van der Waals surface area contributed by atoms with Gasteiger partial charge in [-0.2, -0.15) is 4.98 Å². The molecule has 1 aromatic heterocycles. The van der Waals surface area contributed by atoms with E-state index in [0.717, 1.165) is 0 Å². The van der Waals surface area contributed by atoms with Gasteiger partial charge in [0.25, 0.3) is 0 Å². The maximum Gasteiger partial charge on any atom is 0.240 e. The normalized spacial score (nSPS) is 11.6. The van der Waals surface area contributed by atoms with Gasteiger partial charge in [-0.05, 0) is 36.4 Å². The smallest absolute Gasteiger partial charge is 0.240 e. The average molecular weight is 382 g/mol. The summed E-state index contributed by atoms with van der Waals surface area (Å²) < 4.78 is 45.4. The van der Waals surface area contributed by atoms with Crippen LogP contribution in [0.15, 0.2) is 57.9 Å². The number of nitrogens with one attached hydrogen (secondary N) is 1. The van der Waals surface area contributed by atoms with Gasteiger partial charge in [-0.3, -0.25) is 0 Å². The van der Waals surface area contributed by atoms with Crippen molar-refractivity contribution in [3.05, 3.63) is 65.3 Å². The first-order valence-corrected chi connectivity index (χ1v) is 9.14. The highest BCUT2D eigenvalue weighted by Crippen LogP contribution is 2.19. The molecule has 0 atom stereocenters. The quantitative estimate of drug-likeness (QED) is 0.709. The summed E-state index contributed by atoms with van der Waals surface area (Å²) in [6.45, 7) is 0.0594. The first-order chi connectivity index (χ1) is 12.0. The molecule has 0 aliphatic carbocycles. The molecule has 0 bridgehead atoms. The van der Waals surface area contributed by atoms with E-state index in [4.69, 9.17) is 16.1 Å². The van der Waals surface area contributed by atoms with Crippen molar-refractivity contribution in [1.82, 2.24) is 14.9 Å². The Morgan fingerprint density at radius 3 is 2.56 bits per heavy atom. The summed E-state index contributed by atoms with van der Waals surface area (Å²) in [5.41, 5.74) is 0.222. The van der Waals surface area contributed by atoms with Gasteiger partial charge in [0, 0.05) is 18.0 Å². The molecular formula is C16H13ClFN3O3S. The highest BCUT2D eigenvalue weighted by atomic mass is 35.5. The molecule has 0 saturated carbocycles. The van der Waals surface area contributed by atoms with Gasteiger partial charge in [-0.15, -0.1) is 0 Å². The van der Waals surface area contributed by atoms with Crippen LogP contribution in [0.1, 0.15) is 5.89 Å². The molecule has 0 radical (unpaired) electrons. The van der Waals surface area contributed by atoms with E-state index in [1.807, 2.05) is 0 Å². The van der Waals surface area contributed by atoms with Crippen LogP contribution >= 0.6 is 11.6 Å². The summed E-state index contributed by atoms with van der Waals surface area (Å²) in [6, 6.07) is 11.9. The average Bonchev–Trinajstić information content (AvgIpc) is 3.04. The molecule has 0 amide bonds. The fourth-order valence-electron chi connectivity index (χ4n) is 2.10. The molecule has 3 rings (SSSR count). The third-order valence-electron chi connectivity index (χ3n) is 3.34. The molecule has 0 saturated heterocycles. The molecule has 3 aromatic rings. The van der Waals surface area contributed by atoms with Crippen LogP contribution in [-0.4, -0.2) is 25.1 Å². The van der Waals surface area contributed by atoms with Crippen LogP contribution in [0.5, 0.6) is 0 Å². The zero-order chi connectivity index (χ0) is 17.9. The van der Waals surface area contributed by atoms with E-state index in [0.29, 0.717) is 5.02 Å². The van der Waals surface area contributed by atoms with Crippen molar-refractivity contribution in [3.8, 4) is 11.4 Å². The van der Waals surface area contributed by atoms with Gasteiger partial charge in [0.2, 0.25) is 21.7 Å². The zero-order valence-corrected chi connectivity index (χ0v) is 14.4. The number of sulfonamides is 1. The molecule has 130 valence electrons. The Kier molecular flexibility index (Phi) is 5.12. The number of benzene rings is 2. The minimum absolute atomic E-state index is 0.0594. The van der Waals surface area contributed by atoms with Crippen molar-refractivity contribution in [2.75, 3.05) is 6.54 Å². The predicted octanol–water partition coefficient (Wildman–Crippen LogP) is 3.05. The highest BCUT2D eigenvalue weighted by molar-refractivity contribution is 7.89. The summed E-state index contributed by atoms with van der Waals surface area (Å²) in [7, 11) is -3.66. The summed E-state index contributed by atoms with van der Waals surface area (Å²) in [5.74, 6) is -0.135. The Labute approximate surface area is 148 Å². The third-order valence-corrected chi connectivity index (χ3v) is 5.07. The Balaban J connectivity index is 1.63. The molecule has 6 nitrogen and oxygen atoms in total. The van der Waals surface area contributed by atoms with Crippen LogP contribution in [0.3, 0.4) is 0 Å². The van der Waals surface area contributed by atoms with E-state index in [2.05, 4.69) is 14.9 Å². The Morgan fingerprint density at radius 1 is 1.12 bits per heavy atom. The number of aromatic nitrogens is 2. The van der Waals surface area contributed by atoms with Crippen LogP contribution in [0.25, 0.3) is 11.4 Å². The summed E-state index contributed by atoms with van der Waals surface area (Å²) in [6.07, 6.45) is 0.175. The molecule has 0 fully saturated rings.